The van der Waals surface area contributed by atoms with Crippen LogP contribution in [0.5, 0.6) is 0 Å². The average Bonchev–Trinajstić information content (AvgIpc) is 3.31. The second-order valence-electron chi connectivity index (χ2n) is 9.43. The number of rotatable bonds is 9. The standard InChI is InChI=1S/C26H33Cl2N3O4S/c1-17-12-13-21(14-18(17)2)31(36(4,34)35)16-25(32)30(15-22-23(27)10-7-11-24(22)28)19(3)26(33)29-20-8-5-6-9-20/h7,10-14,19-20H,5-6,8-9,15-16H2,1-4H3,(H,29,33). The summed E-state index contributed by atoms with van der Waals surface area (Å²) in [5, 5.41) is 3.75. The Morgan fingerprint density at radius 1 is 1.06 bits per heavy atom. The first-order valence-corrected chi connectivity index (χ1v) is 14.6. The number of anilines is 1. The highest BCUT2D eigenvalue weighted by atomic mass is 35.5. The van der Waals surface area contributed by atoms with Crippen LogP contribution in [0.4, 0.5) is 5.69 Å². The summed E-state index contributed by atoms with van der Waals surface area (Å²) < 4.78 is 26.5. The predicted octanol–water partition coefficient (Wildman–Crippen LogP) is 4.85. The van der Waals surface area contributed by atoms with Gasteiger partial charge in [0.25, 0.3) is 0 Å². The van der Waals surface area contributed by atoms with Crippen molar-refractivity contribution in [2.24, 2.45) is 0 Å². The van der Waals surface area contributed by atoms with E-state index < -0.39 is 28.5 Å². The van der Waals surface area contributed by atoms with E-state index in [0.29, 0.717) is 21.3 Å². The molecule has 0 spiro atoms. The zero-order valence-electron chi connectivity index (χ0n) is 21.1. The monoisotopic (exact) mass is 553 g/mol. The normalized spacial score (nSPS) is 14.9. The molecule has 1 aliphatic carbocycles. The van der Waals surface area contributed by atoms with Crippen molar-refractivity contribution in [2.45, 2.75) is 65.1 Å². The summed E-state index contributed by atoms with van der Waals surface area (Å²) >= 11 is 12.8. The Bertz CT molecular complexity index is 1210. The van der Waals surface area contributed by atoms with Gasteiger partial charge in [-0.15, -0.1) is 0 Å². The summed E-state index contributed by atoms with van der Waals surface area (Å²) in [4.78, 5) is 28.2. The van der Waals surface area contributed by atoms with Crippen LogP contribution < -0.4 is 9.62 Å². The number of benzene rings is 2. The van der Waals surface area contributed by atoms with Crippen LogP contribution in [0.3, 0.4) is 0 Å². The largest absolute Gasteiger partial charge is 0.352 e. The van der Waals surface area contributed by atoms with Crippen molar-refractivity contribution in [3.05, 3.63) is 63.1 Å². The average molecular weight is 555 g/mol. The summed E-state index contributed by atoms with van der Waals surface area (Å²) in [5.41, 5.74) is 2.78. The molecule has 1 aliphatic rings. The van der Waals surface area contributed by atoms with Gasteiger partial charge in [0.05, 0.1) is 11.9 Å². The molecule has 0 bridgehead atoms. The SMILES string of the molecule is Cc1ccc(N(CC(=O)N(Cc2c(Cl)cccc2Cl)C(C)C(=O)NC2CCCC2)S(C)(=O)=O)cc1C. The molecular weight excluding hydrogens is 521 g/mol. The number of aryl methyl sites for hydroxylation is 2. The number of carbonyl (C=O) groups is 2. The zero-order chi connectivity index (χ0) is 26.6. The first-order valence-electron chi connectivity index (χ1n) is 12.0. The summed E-state index contributed by atoms with van der Waals surface area (Å²) in [6, 6.07) is 9.43. The lowest BCUT2D eigenvalue weighted by Gasteiger charge is -2.32. The smallest absolute Gasteiger partial charge is 0.244 e. The highest BCUT2D eigenvalue weighted by Gasteiger charge is 2.32. The highest BCUT2D eigenvalue weighted by molar-refractivity contribution is 7.92. The minimum absolute atomic E-state index is 0.0406. The number of hydrogen-bond donors (Lipinski definition) is 1. The summed E-state index contributed by atoms with van der Waals surface area (Å²) in [6.45, 7) is 4.93. The van der Waals surface area contributed by atoms with Gasteiger partial charge >= 0.3 is 0 Å². The van der Waals surface area contributed by atoms with Gasteiger partial charge in [-0.1, -0.05) is 48.2 Å². The lowest BCUT2D eigenvalue weighted by atomic mass is 10.1. The third kappa shape index (κ3) is 6.93. The van der Waals surface area contributed by atoms with E-state index in [4.69, 9.17) is 23.2 Å². The van der Waals surface area contributed by atoms with Crippen molar-refractivity contribution < 1.29 is 18.0 Å². The van der Waals surface area contributed by atoms with E-state index in [-0.39, 0.29) is 18.5 Å². The number of sulfonamides is 1. The Balaban J connectivity index is 1.94. The molecule has 1 saturated carbocycles. The van der Waals surface area contributed by atoms with Gasteiger partial charge in [-0.3, -0.25) is 13.9 Å². The molecule has 0 aliphatic heterocycles. The molecule has 1 unspecified atom stereocenters. The maximum absolute atomic E-state index is 13.7. The van der Waals surface area contributed by atoms with Gasteiger partial charge < -0.3 is 10.2 Å². The molecule has 10 heteroatoms. The van der Waals surface area contributed by atoms with Crippen LogP contribution in [0.1, 0.15) is 49.3 Å². The van der Waals surface area contributed by atoms with Gasteiger partial charge in [-0.05, 0) is 69.0 Å². The molecular formula is C26H33Cl2N3O4S. The number of nitrogens with zero attached hydrogens (tertiary/aromatic N) is 2. The van der Waals surface area contributed by atoms with Crippen LogP contribution in [0.15, 0.2) is 36.4 Å². The van der Waals surface area contributed by atoms with Crippen molar-refractivity contribution >= 4 is 50.7 Å². The second kappa shape index (κ2) is 11.8. The molecule has 196 valence electrons. The van der Waals surface area contributed by atoms with Crippen LogP contribution in [0, 0.1) is 13.8 Å². The van der Waals surface area contributed by atoms with E-state index in [1.807, 2.05) is 19.9 Å². The van der Waals surface area contributed by atoms with Crippen molar-refractivity contribution in [3.8, 4) is 0 Å². The lowest BCUT2D eigenvalue weighted by Crippen LogP contribution is -2.52. The minimum atomic E-state index is -3.80. The van der Waals surface area contributed by atoms with E-state index in [2.05, 4.69) is 5.32 Å². The van der Waals surface area contributed by atoms with E-state index in [9.17, 15) is 18.0 Å². The Morgan fingerprint density at radius 2 is 1.67 bits per heavy atom. The molecule has 36 heavy (non-hydrogen) atoms. The molecule has 3 rings (SSSR count). The second-order valence-corrected chi connectivity index (χ2v) is 12.1. The van der Waals surface area contributed by atoms with Crippen molar-refractivity contribution in [3.63, 3.8) is 0 Å². The fourth-order valence-electron chi connectivity index (χ4n) is 4.32. The van der Waals surface area contributed by atoms with Crippen LogP contribution in [0.25, 0.3) is 0 Å². The van der Waals surface area contributed by atoms with Gasteiger partial charge in [0.2, 0.25) is 21.8 Å². The molecule has 1 fully saturated rings. The molecule has 0 heterocycles. The van der Waals surface area contributed by atoms with Crippen molar-refractivity contribution in [1.29, 1.82) is 0 Å². The summed E-state index contributed by atoms with van der Waals surface area (Å²) in [6.07, 6.45) is 4.96. The maximum Gasteiger partial charge on any atom is 0.244 e. The van der Waals surface area contributed by atoms with E-state index in [0.717, 1.165) is 47.4 Å². The molecule has 7 nitrogen and oxygen atoms in total. The Kier molecular flexibility index (Phi) is 9.30. The van der Waals surface area contributed by atoms with Gasteiger partial charge in [0.15, 0.2) is 0 Å². The van der Waals surface area contributed by atoms with Crippen molar-refractivity contribution in [1.82, 2.24) is 10.2 Å². The third-order valence-corrected chi connectivity index (χ3v) is 8.57. The Hall–Kier alpha value is -2.29. The number of amides is 2. The minimum Gasteiger partial charge on any atom is -0.352 e. The summed E-state index contributed by atoms with van der Waals surface area (Å²) in [7, 11) is -3.80. The fraction of sp³-hybridized carbons (Fsp3) is 0.462. The van der Waals surface area contributed by atoms with E-state index in [1.54, 1.807) is 37.3 Å². The van der Waals surface area contributed by atoms with Crippen LogP contribution in [-0.2, 0) is 26.2 Å². The molecule has 2 aromatic rings. The molecule has 0 aromatic heterocycles. The molecule has 1 atom stereocenters. The van der Waals surface area contributed by atoms with Gasteiger partial charge in [0, 0.05) is 28.2 Å². The van der Waals surface area contributed by atoms with E-state index >= 15 is 0 Å². The van der Waals surface area contributed by atoms with Crippen molar-refractivity contribution in [2.75, 3.05) is 17.1 Å². The quantitative estimate of drug-likeness (QED) is 0.480. The number of halogens is 2. The third-order valence-electron chi connectivity index (χ3n) is 6.72. The summed E-state index contributed by atoms with van der Waals surface area (Å²) in [5.74, 6) is -0.834. The topological polar surface area (TPSA) is 86.8 Å². The van der Waals surface area contributed by atoms with E-state index in [1.165, 1.54) is 4.90 Å². The molecule has 0 saturated heterocycles. The lowest BCUT2D eigenvalue weighted by molar-refractivity contribution is -0.139. The van der Waals surface area contributed by atoms with Crippen LogP contribution in [0.2, 0.25) is 10.0 Å². The number of hydrogen-bond acceptors (Lipinski definition) is 4. The van der Waals surface area contributed by atoms with Gasteiger partial charge in [0.1, 0.15) is 12.6 Å². The first-order chi connectivity index (χ1) is 16.9. The zero-order valence-corrected chi connectivity index (χ0v) is 23.4. The number of nitrogens with one attached hydrogen (secondary N) is 1. The van der Waals surface area contributed by atoms with Crippen LogP contribution in [-0.4, -0.2) is 50.0 Å². The van der Waals surface area contributed by atoms with Gasteiger partial charge in [-0.2, -0.15) is 0 Å². The number of carbonyl (C=O) groups excluding carboxylic acids is 2. The molecule has 2 aromatic carbocycles. The fourth-order valence-corrected chi connectivity index (χ4v) is 5.68. The van der Waals surface area contributed by atoms with Gasteiger partial charge in [-0.25, -0.2) is 8.42 Å². The Labute approximate surface area is 223 Å². The first kappa shape index (κ1) is 28.3. The molecule has 1 N–H and O–H groups in total. The molecule has 2 amide bonds. The Morgan fingerprint density at radius 3 is 2.22 bits per heavy atom. The predicted molar refractivity (Wildman–Crippen MR) is 145 cm³/mol. The maximum atomic E-state index is 13.7. The molecule has 0 radical (unpaired) electrons. The van der Waals surface area contributed by atoms with Crippen LogP contribution >= 0.6 is 23.2 Å². The highest BCUT2D eigenvalue weighted by Crippen LogP contribution is 2.28.